The Labute approximate surface area is 91.7 Å². The first-order chi connectivity index (χ1) is 7.24. The molecular weight excluding hydrogens is 184 g/mol. The van der Waals surface area contributed by atoms with E-state index in [1.807, 2.05) is 0 Å². The Bertz CT molecular complexity index is 361. The van der Waals surface area contributed by atoms with Crippen LogP contribution in [0.25, 0.3) is 0 Å². The molecular formula is C13H20N2. The van der Waals surface area contributed by atoms with E-state index in [2.05, 4.69) is 24.6 Å². The minimum atomic E-state index is 0.798. The molecule has 82 valence electrons. The summed E-state index contributed by atoms with van der Waals surface area (Å²) >= 11 is 0. The smallest absolute Gasteiger partial charge is 0.0658 e. The molecule has 2 heterocycles. The van der Waals surface area contributed by atoms with Crippen LogP contribution in [0.3, 0.4) is 0 Å². The van der Waals surface area contributed by atoms with Gasteiger partial charge in [0, 0.05) is 18.2 Å². The van der Waals surface area contributed by atoms with Crippen molar-refractivity contribution in [3.8, 4) is 0 Å². The normalized spacial score (nSPS) is 25.7. The fourth-order valence-corrected chi connectivity index (χ4v) is 2.61. The van der Waals surface area contributed by atoms with Crippen LogP contribution in [0.1, 0.15) is 50.4 Å². The third-order valence-electron chi connectivity index (χ3n) is 4.00. The van der Waals surface area contributed by atoms with Gasteiger partial charge in [-0.05, 0) is 43.6 Å². The minimum absolute atomic E-state index is 0.798. The SMILES string of the molecule is CC(C)C1CCc2cc(C3CC3)nn2C1. The minimum Gasteiger partial charge on any atom is -0.269 e. The second kappa shape index (κ2) is 3.36. The number of hydrogen-bond donors (Lipinski definition) is 0. The Balaban J connectivity index is 1.82. The number of nitrogens with zero attached hydrogens (tertiary/aromatic N) is 2. The zero-order chi connectivity index (χ0) is 10.4. The van der Waals surface area contributed by atoms with Gasteiger partial charge in [-0.2, -0.15) is 5.10 Å². The predicted octanol–water partition coefficient (Wildman–Crippen LogP) is 2.98. The highest BCUT2D eigenvalue weighted by Crippen LogP contribution is 2.40. The van der Waals surface area contributed by atoms with Gasteiger partial charge in [-0.3, -0.25) is 4.68 Å². The average Bonchev–Trinajstić information content (AvgIpc) is 2.97. The van der Waals surface area contributed by atoms with E-state index in [1.54, 1.807) is 0 Å². The molecule has 0 spiro atoms. The summed E-state index contributed by atoms with van der Waals surface area (Å²) in [4.78, 5) is 0. The molecule has 0 N–H and O–H groups in total. The van der Waals surface area contributed by atoms with E-state index in [0.29, 0.717) is 0 Å². The summed E-state index contributed by atoms with van der Waals surface area (Å²) in [6.07, 6.45) is 5.32. The molecule has 3 rings (SSSR count). The number of aromatic nitrogens is 2. The van der Waals surface area contributed by atoms with Crippen molar-refractivity contribution in [2.45, 2.75) is 52.0 Å². The summed E-state index contributed by atoms with van der Waals surface area (Å²) in [6, 6.07) is 2.36. The first-order valence-corrected chi connectivity index (χ1v) is 6.30. The summed E-state index contributed by atoms with van der Waals surface area (Å²) in [7, 11) is 0. The first-order valence-electron chi connectivity index (χ1n) is 6.30. The van der Waals surface area contributed by atoms with Gasteiger partial charge in [-0.25, -0.2) is 0 Å². The van der Waals surface area contributed by atoms with Gasteiger partial charge in [-0.1, -0.05) is 13.8 Å². The maximum atomic E-state index is 4.76. The van der Waals surface area contributed by atoms with Crippen LogP contribution in [0.4, 0.5) is 0 Å². The third kappa shape index (κ3) is 1.70. The Hall–Kier alpha value is -0.790. The van der Waals surface area contributed by atoms with Crippen molar-refractivity contribution in [1.29, 1.82) is 0 Å². The van der Waals surface area contributed by atoms with Crippen molar-refractivity contribution < 1.29 is 0 Å². The van der Waals surface area contributed by atoms with Crippen LogP contribution in [-0.4, -0.2) is 9.78 Å². The average molecular weight is 204 g/mol. The number of aryl methyl sites for hydroxylation is 1. The van der Waals surface area contributed by atoms with E-state index in [1.165, 1.54) is 37.1 Å². The van der Waals surface area contributed by atoms with Crippen LogP contribution in [-0.2, 0) is 13.0 Å². The lowest BCUT2D eigenvalue weighted by atomic mass is 9.88. The number of fused-ring (bicyclic) bond motifs is 1. The molecule has 1 unspecified atom stereocenters. The highest BCUT2D eigenvalue weighted by Gasteiger charge is 2.29. The molecule has 0 radical (unpaired) electrons. The maximum Gasteiger partial charge on any atom is 0.0658 e. The highest BCUT2D eigenvalue weighted by atomic mass is 15.3. The summed E-state index contributed by atoms with van der Waals surface area (Å²) in [5.41, 5.74) is 2.85. The molecule has 1 fully saturated rings. The lowest BCUT2D eigenvalue weighted by Gasteiger charge is -2.26. The van der Waals surface area contributed by atoms with Gasteiger partial charge in [0.05, 0.1) is 5.69 Å². The van der Waals surface area contributed by atoms with Crippen molar-refractivity contribution in [3.05, 3.63) is 17.5 Å². The van der Waals surface area contributed by atoms with Crippen molar-refractivity contribution in [2.75, 3.05) is 0 Å². The van der Waals surface area contributed by atoms with Gasteiger partial charge in [0.1, 0.15) is 0 Å². The lowest BCUT2D eigenvalue weighted by molar-refractivity contribution is 0.270. The van der Waals surface area contributed by atoms with Gasteiger partial charge >= 0.3 is 0 Å². The Kier molecular flexibility index (Phi) is 2.11. The molecule has 15 heavy (non-hydrogen) atoms. The lowest BCUT2D eigenvalue weighted by Crippen LogP contribution is -2.24. The van der Waals surface area contributed by atoms with Crippen LogP contribution >= 0.6 is 0 Å². The standard InChI is InChI=1S/C13H20N2/c1-9(2)11-5-6-12-7-13(10-3-4-10)14-15(12)8-11/h7,9-11H,3-6,8H2,1-2H3. The highest BCUT2D eigenvalue weighted by molar-refractivity contribution is 5.19. The molecule has 1 atom stereocenters. The monoisotopic (exact) mass is 204 g/mol. The molecule has 0 bridgehead atoms. The van der Waals surface area contributed by atoms with Gasteiger partial charge in [0.25, 0.3) is 0 Å². The molecule has 1 aromatic heterocycles. The van der Waals surface area contributed by atoms with Crippen molar-refractivity contribution in [1.82, 2.24) is 9.78 Å². The van der Waals surface area contributed by atoms with E-state index < -0.39 is 0 Å². The summed E-state index contributed by atoms with van der Waals surface area (Å²) in [5.74, 6) is 2.44. The molecule has 0 saturated heterocycles. The topological polar surface area (TPSA) is 17.8 Å². The number of rotatable bonds is 2. The van der Waals surface area contributed by atoms with Crippen molar-refractivity contribution in [3.63, 3.8) is 0 Å². The summed E-state index contributed by atoms with van der Waals surface area (Å²) < 4.78 is 2.28. The number of hydrogen-bond acceptors (Lipinski definition) is 1. The molecule has 1 saturated carbocycles. The second-order valence-corrected chi connectivity index (χ2v) is 5.56. The zero-order valence-electron chi connectivity index (χ0n) is 9.74. The third-order valence-corrected chi connectivity index (χ3v) is 4.00. The van der Waals surface area contributed by atoms with Crippen LogP contribution in [0.15, 0.2) is 6.07 Å². The molecule has 2 heteroatoms. The van der Waals surface area contributed by atoms with E-state index in [0.717, 1.165) is 24.3 Å². The summed E-state index contributed by atoms with van der Waals surface area (Å²) in [6.45, 7) is 5.82. The molecule has 1 aliphatic heterocycles. The van der Waals surface area contributed by atoms with Crippen LogP contribution < -0.4 is 0 Å². The fourth-order valence-electron chi connectivity index (χ4n) is 2.61. The van der Waals surface area contributed by atoms with E-state index in [-0.39, 0.29) is 0 Å². The van der Waals surface area contributed by atoms with Crippen molar-refractivity contribution in [2.24, 2.45) is 11.8 Å². The molecule has 2 nitrogen and oxygen atoms in total. The first kappa shape index (κ1) is 9.44. The van der Waals surface area contributed by atoms with Gasteiger partial charge in [0.2, 0.25) is 0 Å². The van der Waals surface area contributed by atoms with Crippen molar-refractivity contribution >= 4 is 0 Å². The quantitative estimate of drug-likeness (QED) is 0.724. The Morgan fingerprint density at radius 3 is 2.80 bits per heavy atom. The largest absolute Gasteiger partial charge is 0.269 e. The Morgan fingerprint density at radius 1 is 1.33 bits per heavy atom. The Morgan fingerprint density at radius 2 is 2.13 bits per heavy atom. The van der Waals surface area contributed by atoms with Crippen LogP contribution in [0.5, 0.6) is 0 Å². The molecule has 1 aromatic rings. The molecule has 0 aromatic carbocycles. The molecule has 2 aliphatic rings. The molecule has 0 amide bonds. The van der Waals surface area contributed by atoms with Crippen LogP contribution in [0, 0.1) is 11.8 Å². The van der Waals surface area contributed by atoms with E-state index in [9.17, 15) is 0 Å². The van der Waals surface area contributed by atoms with Gasteiger partial charge in [0.15, 0.2) is 0 Å². The van der Waals surface area contributed by atoms with E-state index in [4.69, 9.17) is 5.10 Å². The van der Waals surface area contributed by atoms with Gasteiger partial charge in [-0.15, -0.1) is 0 Å². The predicted molar refractivity (Wildman–Crippen MR) is 60.9 cm³/mol. The van der Waals surface area contributed by atoms with Crippen LogP contribution in [0.2, 0.25) is 0 Å². The fraction of sp³-hybridized carbons (Fsp3) is 0.769. The zero-order valence-corrected chi connectivity index (χ0v) is 9.74. The van der Waals surface area contributed by atoms with Gasteiger partial charge < -0.3 is 0 Å². The van der Waals surface area contributed by atoms with E-state index >= 15 is 0 Å². The molecule has 1 aliphatic carbocycles. The second-order valence-electron chi connectivity index (χ2n) is 5.56. The maximum absolute atomic E-state index is 4.76. The summed E-state index contributed by atoms with van der Waals surface area (Å²) in [5, 5.41) is 4.76.